The number of benzene rings is 2. The van der Waals surface area contributed by atoms with Crippen molar-refractivity contribution in [3.05, 3.63) is 110 Å². The number of allylic oxidation sites excluding steroid dienone is 2. The molecule has 0 N–H and O–H groups in total. The average Bonchev–Trinajstić information content (AvgIpc) is 2.69. The molecule has 128 valence electrons. The van der Waals surface area contributed by atoms with Gasteiger partial charge in [0.05, 0.1) is 5.56 Å². The maximum Gasteiger partial charge on any atom is 0.338 e. The van der Waals surface area contributed by atoms with E-state index < -0.39 is 0 Å². The van der Waals surface area contributed by atoms with Crippen molar-refractivity contribution in [3.63, 3.8) is 0 Å². The number of ether oxygens (including phenoxy) is 1. The van der Waals surface area contributed by atoms with Crippen LogP contribution in [0.3, 0.4) is 0 Å². The largest absolute Gasteiger partial charge is 0.455 e. The molecule has 2 aromatic carbocycles. The summed E-state index contributed by atoms with van der Waals surface area (Å²) in [5.41, 5.74) is 1.30. The number of esters is 1. The summed E-state index contributed by atoms with van der Waals surface area (Å²) in [6, 6.07) is 19.1. The molecule has 0 spiro atoms. The van der Waals surface area contributed by atoms with Gasteiger partial charge in [-0.3, -0.25) is 0 Å². The van der Waals surface area contributed by atoms with Gasteiger partial charge in [0.15, 0.2) is 0 Å². The standard InChI is InChI=1S/C23H24O2/c1-4-21(25-22(24)19-13-9-7-10-14-19)17-18-23(5-2,6-3)20-15-11-8-12-16-20/h4-16,21H,1-3,17-18H2. The molecule has 2 heteroatoms. The maximum absolute atomic E-state index is 12.2. The summed E-state index contributed by atoms with van der Waals surface area (Å²) in [6.07, 6.45) is 6.46. The van der Waals surface area contributed by atoms with Gasteiger partial charge in [0, 0.05) is 5.41 Å². The monoisotopic (exact) mass is 332 g/mol. The Hall–Kier alpha value is -2.87. The molecule has 0 saturated carbocycles. The average molecular weight is 332 g/mol. The van der Waals surface area contributed by atoms with E-state index in [9.17, 15) is 4.79 Å². The van der Waals surface area contributed by atoms with E-state index in [4.69, 9.17) is 4.74 Å². The van der Waals surface area contributed by atoms with Crippen LogP contribution in [0.2, 0.25) is 0 Å². The van der Waals surface area contributed by atoms with Crippen molar-refractivity contribution in [2.45, 2.75) is 24.4 Å². The molecule has 1 atom stereocenters. The van der Waals surface area contributed by atoms with E-state index in [-0.39, 0.29) is 17.5 Å². The molecule has 0 aromatic heterocycles. The predicted octanol–water partition coefficient (Wildman–Crippen LogP) is 5.49. The summed E-state index contributed by atoms with van der Waals surface area (Å²) in [5, 5.41) is 0. The van der Waals surface area contributed by atoms with Crippen molar-refractivity contribution in [2.75, 3.05) is 0 Å². The van der Waals surface area contributed by atoms with Gasteiger partial charge in [-0.15, -0.1) is 13.2 Å². The van der Waals surface area contributed by atoms with Crippen molar-refractivity contribution in [1.29, 1.82) is 0 Å². The first-order valence-corrected chi connectivity index (χ1v) is 8.36. The van der Waals surface area contributed by atoms with Crippen LogP contribution in [0, 0.1) is 0 Å². The Morgan fingerprint density at radius 1 is 0.960 bits per heavy atom. The summed E-state index contributed by atoms with van der Waals surface area (Å²) >= 11 is 0. The molecule has 0 fully saturated rings. The Balaban J connectivity index is 2.08. The highest BCUT2D eigenvalue weighted by Crippen LogP contribution is 2.33. The van der Waals surface area contributed by atoms with E-state index in [2.05, 4.69) is 31.9 Å². The van der Waals surface area contributed by atoms with E-state index >= 15 is 0 Å². The van der Waals surface area contributed by atoms with Crippen molar-refractivity contribution >= 4 is 5.97 Å². The van der Waals surface area contributed by atoms with Gasteiger partial charge in [0.2, 0.25) is 0 Å². The molecule has 2 aromatic rings. The topological polar surface area (TPSA) is 26.3 Å². The smallest absolute Gasteiger partial charge is 0.338 e. The molecular formula is C23H24O2. The molecule has 0 radical (unpaired) electrons. The summed E-state index contributed by atoms with van der Waals surface area (Å²) in [7, 11) is 0. The second-order valence-electron chi connectivity index (χ2n) is 5.90. The molecule has 2 nitrogen and oxygen atoms in total. The highest BCUT2D eigenvalue weighted by molar-refractivity contribution is 5.89. The van der Waals surface area contributed by atoms with Crippen LogP contribution in [0.4, 0.5) is 0 Å². The lowest BCUT2D eigenvalue weighted by molar-refractivity contribution is 0.0372. The molecule has 25 heavy (non-hydrogen) atoms. The Bertz CT molecular complexity index is 708. The molecule has 0 aliphatic rings. The van der Waals surface area contributed by atoms with Crippen LogP contribution in [-0.4, -0.2) is 12.1 Å². The van der Waals surface area contributed by atoms with E-state index in [0.717, 1.165) is 12.0 Å². The molecule has 0 heterocycles. The first kappa shape index (κ1) is 18.5. The third-order valence-electron chi connectivity index (χ3n) is 4.41. The minimum Gasteiger partial charge on any atom is -0.455 e. The number of carbonyl (C=O) groups is 1. The van der Waals surface area contributed by atoms with Gasteiger partial charge in [0.1, 0.15) is 6.10 Å². The van der Waals surface area contributed by atoms with Crippen LogP contribution < -0.4 is 0 Å². The first-order valence-electron chi connectivity index (χ1n) is 8.36. The van der Waals surface area contributed by atoms with Gasteiger partial charge < -0.3 is 4.74 Å². The number of hydrogen-bond acceptors (Lipinski definition) is 2. The minimum atomic E-state index is -0.365. The maximum atomic E-state index is 12.2. The lowest BCUT2D eigenvalue weighted by atomic mass is 9.76. The summed E-state index contributed by atoms with van der Waals surface area (Å²) < 4.78 is 5.58. The van der Waals surface area contributed by atoms with Crippen LogP contribution in [0.15, 0.2) is 98.6 Å². The molecule has 0 aliphatic heterocycles. The first-order chi connectivity index (χ1) is 12.1. The van der Waals surface area contributed by atoms with E-state index in [1.54, 1.807) is 18.2 Å². The summed E-state index contributed by atoms with van der Waals surface area (Å²) in [6.45, 7) is 11.8. The van der Waals surface area contributed by atoms with Gasteiger partial charge in [-0.1, -0.05) is 73.3 Å². The van der Waals surface area contributed by atoms with Crippen LogP contribution in [0.1, 0.15) is 28.8 Å². The van der Waals surface area contributed by atoms with Crippen LogP contribution in [-0.2, 0) is 10.2 Å². The second kappa shape index (κ2) is 8.84. The number of hydrogen-bond donors (Lipinski definition) is 0. The molecule has 0 aliphatic carbocycles. The van der Waals surface area contributed by atoms with E-state index in [0.29, 0.717) is 12.0 Å². The zero-order chi connectivity index (χ0) is 18.1. The quantitative estimate of drug-likeness (QED) is 0.448. The van der Waals surface area contributed by atoms with Gasteiger partial charge in [-0.05, 0) is 30.5 Å². The van der Waals surface area contributed by atoms with Crippen molar-refractivity contribution in [3.8, 4) is 0 Å². The molecule has 0 saturated heterocycles. The minimum absolute atomic E-state index is 0.340. The number of carbonyl (C=O) groups excluding carboxylic acids is 1. The van der Waals surface area contributed by atoms with Gasteiger partial charge in [-0.2, -0.15) is 0 Å². The molecule has 0 amide bonds. The van der Waals surface area contributed by atoms with Crippen molar-refractivity contribution in [2.24, 2.45) is 0 Å². The fourth-order valence-corrected chi connectivity index (χ4v) is 2.80. The fraction of sp³-hybridized carbons (Fsp3) is 0.174. The lowest BCUT2D eigenvalue weighted by Gasteiger charge is -2.29. The van der Waals surface area contributed by atoms with Crippen molar-refractivity contribution < 1.29 is 9.53 Å². The zero-order valence-corrected chi connectivity index (χ0v) is 14.4. The summed E-state index contributed by atoms with van der Waals surface area (Å²) in [4.78, 5) is 12.2. The molecule has 0 bridgehead atoms. The van der Waals surface area contributed by atoms with Gasteiger partial charge >= 0.3 is 5.97 Å². The molecular weight excluding hydrogens is 308 g/mol. The molecule has 2 rings (SSSR count). The van der Waals surface area contributed by atoms with E-state index in [1.165, 1.54) is 0 Å². The van der Waals surface area contributed by atoms with E-state index in [1.807, 2.05) is 48.6 Å². The molecule has 1 unspecified atom stereocenters. The second-order valence-corrected chi connectivity index (χ2v) is 5.90. The Morgan fingerprint density at radius 3 is 2.04 bits per heavy atom. The Kier molecular flexibility index (Phi) is 6.53. The van der Waals surface area contributed by atoms with Gasteiger partial charge in [-0.25, -0.2) is 4.79 Å². The van der Waals surface area contributed by atoms with Crippen LogP contribution in [0.5, 0.6) is 0 Å². The predicted molar refractivity (Wildman–Crippen MR) is 104 cm³/mol. The third kappa shape index (κ3) is 4.57. The van der Waals surface area contributed by atoms with Gasteiger partial charge in [0.25, 0.3) is 0 Å². The van der Waals surface area contributed by atoms with Crippen LogP contribution >= 0.6 is 0 Å². The van der Waals surface area contributed by atoms with Crippen LogP contribution in [0.25, 0.3) is 0 Å². The SMILES string of the molecule is C=CC(CCC(C=C)(C=C)c1ccccc1)OC(=O)c1ccccc1. The normalized spacial score (nSPS) is 12.0. The highest BCUT2D eigenvalue weighted by Gasteiger charge is 2.26. The fourth-order valence-electron chi connectivity index (χ4n) is 2.80. The third-order valence-corrected chi connectivity index (χ3v) is 4.41. The van der Waals surface area contributed by atoms with Crippen molar-refractivity contribution in [1.82, 2.24) is 0 Å². The Labute approximate surface area is 150 Å². The number of rotatable bonds is 9. The lowest BCUT2D eigenvalue weighted by Crippen LogP contribution is -2.24. The summed E-state index contributed by atoms with van der Waals surface area (Å²) in [5.74, 6) is -0.340. The Morgan fingerprint density at radius 2 is 1.52 bits per heavy atom. The zero-order valence-electron chi connectivity index (χ0n) is 14.4. The highest BCUT2D eigenvalue weighted by atomic mass is 16.5.